The third-order valence-electron chi connectivity index (χ3n) is 3.20. The molecule has 20 heavy (non-hydrogen) atoms. The summed E-state index contributed by atoms with van der Waals surface area (Å²) in [6, 6.07) is 6.86. The van der Waals surface area contributed by atoms with Crippen molar-refractivity contribution in [2.45, 2.75) is 25.7 Å². The van der Waals surface area contributed by atoms with E-state index in [0.29, 0.717) is 11.3 Å². The number of hydrogen-bond acceptors (Lipinski definition) is 2. The minimum Gasteiger partial charge on any atom is -0.278 e. The van der Waals surface area contributed by atoms with Crippen molar-refractivity contribution in [2.75, 3.05) is 5.33 Å². The van der Waals surface area contributed by atoms with Gasteiger partial charge < -0.3 is 0 Å². The van der Waals surface area contributed by atoms with Crippen LogP contribution in [0.2, 0.25) is 0 Å². The van der Waals surface area contributed by atoms with Gasteiger partial charge in [0.15, 0.2) is 0 Å². The summed E-state index contributed by atoms with van der Waals surface area (Å²) in [5.74, 6) is -0.485. The van der Waals surface area contributed by atoms with Crippen molar-refractivity contribution < 1.29 is 4.39 Å². The van der Waals surface area contributed by atoms with Crippen LogP contribution in [-0.4, -0.2) is 15.5 Å². The Morgan fingerprint density at radius 1 is 1.25 bits per heavy atom. The van der Waals surface area contributed by atoms with Crippen LogP contribution >= 0.6 is 15.9 Å². The molecule has 5 heteroatoms. The second-order valence-corrected chi connectivity index (χ2v) is 5.33. The molecule has 0 unspecified atom stereocenters. The molecule has 104 valence electrons. The molecule has 0 saturated carbocycles. The van der Waals surface area contributed by atoms with Gasteiger partial charge in [0.25, 0.3) is 0 Å². The fourth-order valence-corrected chi connectivity index (χ4v) is 2.62. The average molecular weight is 336 g/mol. The minimum atomic E-state index is -0.485. The molecule has 1 N–H and O–H groups in total. The molecule has 1 aromatic carbocycles. The molecule has 1 heterocycles. The van der Waals surface area contributed by atoms with Gasteiger partial charge in [-0.05, 0) is 37.0 Å². The van der Waals surface area contributed by atoms with Crippen molar-refractivity contribution in [3.63, 3.8) is 0 Å². The van der Waals surface area contributed by atoms with Gasteiger partial charge in [0.05, 0.1) is 11.3 Å². The maximum atomic E-state index is 13.8. The van der Waals surface area contributed by atoms with Crippen LogP contribution in [0.4, 0.5) is 4.39 Å². The Balaban J connectivity index is 2.34. The van der Waals surface area contributed by atoms with Gasteiger partial charge in [-0.1, -0.05) is 28.4 Å². The summed E-state index contributed by atoms with van der Waals surface area (Å²) in [6.07, 6.45) is 5.67. The Labute approximate surface area is 126 Å². The molecule has 1 aromatic heterocycles. The number of rotatable bonds is 6. The first-order valence-electron chi connectivity index (χ1n) is 6.55. The lowest BCUT2D eigenvalue weighted by Crippen LogP contribution is -1.98. The highest BCUT2D eigenvalue weighted by Gasteiger charge is 2.15. The van der Waals surface area contributed by atoms with Crippen LogP contribution in [-0.2, 0) is 6.42 Å². The van der Waals surface area contributed by atoms with E-state index in [1.807, 2.05) is 6.07 Å². The highest BCUT2D eigenvalue weighted by molar-refractivity contribution is 9.09. The van der Waals surface area contributed by atoms with Crippen molar-refractivity contribution in [1.82, 2.24) is 10.2 Å². The summed E-state index contributed by atoms with van der Waals surface area (Å²) in [5, 5.41) is 16.9. The van der Waals surface area contributed by atoms with Gasteiger partial charge in [-0.25, -0.2) is 4.39 Å². The Morgan fingerprint density at radius 3 is 2.75 bits per heavy atom. The molecule has 3 nitrogen and oxygen atoms in total. The molecular weight excluding hydrogens is 321 g/mol. The van der Waals surface area contributed by atoms with E-state index in [-0.39, 0.29) is 5.56 Å². The molecule has 0 fully saturated rings. The second kappa shape index (κ2) is 7.20. The van der Waals surface area contributed by atoms with Gasteiger partial charge in [-0.2, -0.15) is 10.4 Å². The Bertz CT molecular complexity index is 602. The molecule has 0 amide bonds. The van der Waals surface area contributed by atoms with Crippen LogP contribution in [0, 0.1) is 17.1 Å². The highest BCUT2D eigenvalue weighted by Crippen LogP contribution is 2.29. The van der Waals surface area contributed by atoms with Crippen molar-refractivity contribution in [3.05, 3.63) is 41.3 Å². The van der Waals surface area contributed by atoms with Gasteiger partial charge in [0, 0.05) is 17.1 Å². The summed E-state index contributed by atoms with van der Waals surface area (Å²) in [6.45, 7) is 0. The van der Waals surface area contributed by atoms with E-state index in [0.717, 1.165) is 36.6 Å². The number of nitrogens with zero attached hydrogens (tertiary/aromatic N) is 2. The van der Waals surface area contributed by atoms with E-state index >= 15 is 0 Å². The predicted molar refractivity (Wildman–Crippen MR) is 80.0 cm³/mol. The lowest BCUT2D eigenvalue weighted by Gasteiger charge is -2.10. The van der Waals surface area contributed by atoms with Gasteiger partial charge in [-0.15, -0.1) is 0 Å². The van der Waals surface area contributed by atoms with E-state index in [1.165, 1.54) is 6.07 Å². The number of hydrogen-bond donors (Lipinski definition) is 1. The number of nitrogens with one attached hydrogen (secondary N) is 1. The highest BCUT2D eigenvalue weighted by atomic mass is 79.9. The molecule has 0 aliphatic rings. The average Bonchev–Trinajstić information content (AvgIpc) is 2.98. The minimum absolute atomic E-state index is 0.0900. The van der Waals surface area contributed by atoms with Crippen LogP contribution < -0.4 is 0 Å². The van der Waals surface area contributed by atoms with E-state index in [4.69, 9.17) is 0 Å². The molecular formula is C15H15BrFN3. The second-order valence-electron chi connectivity index (χ2n) is 4.54. The molecule has 2 rings (SSSR count). The largest absolute Gasteiger partial charge is 0.278 e. The fraction of sp³-hybridized carbons (Fsp3) is 0.333. The monoisotopic (exact) mass is 335 g/mol. The van der Waals surface area contributed by atoms with Crippen LogP contribution in [0.3, 0.4) is 0 Å². The van der Waals surface area contributed by atoms with Crippen molar-refractivity contribution in [3.8, 4) is 17.3 Å². The van der Waals surface area contributed by atoms with E-state index in [2.05, 4.69) is 26.1 Å². The molecule has 0 atom stereocenters. The molecule has 0 aliphatic heterocycles. The normalized spacial score (nSPS) is 10.4. The topological polar surface area (TPSA) is 52.5 Å². The lowest BCUT2D eigenvalue weighted by molar-refractivity contribution is 0.622. The third kappa shape index (κ3) is 3.26. The van der Waals surface area contributed by atoms with Gasteiger partial charge >= 0.3 is 0 Å². The van der Waals surface area contributed by atoms with Crippen LogP contribution in [0.1, 0.15) is 30.4 Å². The first-order valence-corrected chi connectivity index (χ1v) is 7.67. The summed E-state index contributed by atoms with van der Waals surface area (Å²) in [5.41, 5.74) is 2.41. The van der Waals surface area contributed by atoms with Crippen molar-refractivity contribution >= 4 is 15.9 Å². The lowest BCUT2D eigenvalue weighted by atomic mass is 9.94. The number of unbranched alkanes of at least 4 members (excludes halogenated alkanes) is 2. The maximum Gasteiger partial charge on any atom is 0.141 e. The fourth-order valence-electron chi connectivity index (χ4n) is 2.23. The summed E-state index contributed by atoms with van der Waals surface area (Å²) < 4.78 is 13.8. The molecule has 0 spiro atoms. The van der Waals surface area contributed by atoms with Crippen LogP contribution in [0.15, 0.2) is 24.4 Å². The third-order valence-corrected chi connectivity index (χ3v) is 3.76. The predicted octanol–water partition coefficient (Wildman–Crippen LogP) is 4.20. The van der Waals surface area contributed by atoms with Crippen LogP contribution in [0.25, 0.3) is 11.3 Å². The molecule has 2 aromatic rings. The van der Waals surface area contributed by atoms with Gasteiger partial charge in [0.2, 0.25) is 0 Å². The zero-order chi connectivity index (χ0) is 14.4. The molecule has 0 radical (unpaired) electrons. The summed E-state index contributed by atoms with van der Waals surface area (Å²) in [7, 11) is 0. The quantitative estimate of drug-likeness (QED) is 0.635. The maximum absolute atomic E-state index is 13.8. The first-order chi connectivity index (χ1) is 9.77. The van der Waals surface area contributed by atoms with E-state index in [1.54, 1.807) is 18.3 Å². The Morgan fingerprint density at radius 2 is 2.10 bits per heavy atom. The number of H-pyrrole nitrogens is 1. The zero-order valence-corrected chi connectivity index (χ0v) is 12.6. The van der Waals surface area contributed by atoms with E-state index < -0.39 is 5.82 Å². The molecule has 0 aliphatic carbocycles. The van der Waals surface area contributed by atoms with E-state index in [9.17, 15) is 9.65 Å². The van der Waals surface area contributed by atoms with Gasteiger partial charge in [-0.3, -0.25) is 5.10 Å². The summed E-state index contributed by atoms with van der Waals surface area (Å²) >= 11 is 3.41. The molecule has 0 bridgehead atoms. The Hall–Kier alpha value is -1.67. The zero-order valence-electron chi connectivity index (χ0n) is 11.0. The summed E-state index contributed by atoms with van der Waals surface area (Å²) in [4.78, 5) is 0. The van der Waals surface area contributed by atoms with Crippen LogP contribution in [0.5, 0.6) is 0 Å². The van der Waals surface area contributed by atoms with Crippen molar-refractivity contribution in [2.24, 2.45) is 0 Å². The SMILES string of the molecule is N#Cc1c(F)ccc(CCCCCBr)c1-c1ccn[nH]1. The number of alkyl halides is 1. The van der Waals surface area contributed by atoms with Gasteiger partial charge in [0.1, 0.15) is 11.9 Å². The number of aromatic amines is 1. The number of aryl methyl sites for hydroxylation is 1. The number of nitriles is 1. The number of halogens is 2. The first kappa shape index (κ1) is 14.7. The smallest absolute Gasteiger partial charge is 0.141 e. The van der Waals surface area contributed by atoms with Crippen molar-refractivity contribution in [1.29, 1.82) is 5.26 Å². The standard InChI is InChI=1S/C15H15BrFN3/c16-8-3-1-2-4-11-5-6-13(17)12(10-18)15(11)14-7-9-19-20-14/h5-7,9H,1-4,8H2,(H,19,20). The Kier molecular flexibility index (Phi) is 5.31. The number of benzene rings is 1. The molecule has 0 saturated heterocycles. The number of aromatic nitrogens is 2.